The van der Waals surface area contributed by atoms with Gasteiger partial charge in [-0.3, -0.25) is 14.7 Å². The number of aliphatic hydroxyl groups is 1. The van der Waals surface area contributed by atoms with Crippen LogP contribution in [-0.2, 0) is 22.6 Å². The van der Waals surface area contributed by atoms with Gasteiger partial charge < -0.3 is 18.9 Å². The van der Waals surface area contributed by atoms with Crippen LogP contribution in [0.4, 0.5) is 0 Å². The molecule has 4 heterocycles. The molecule has 0 aliphatic carbocycles. The van der Waals surface area contributed by atoms with Gasteiger partial charge in [-0.25, -0.2) is 4.98 Å². The maximum atomic E-state index is 11.5. The quantitative estimate of drug-likeness (QED) is 0.307. The third kappa shape index (κ3) is 5.77. The topological polar surface area (TPSA) is 107 Å². The lowest BCUT2D eigenvalue weighted by Gasteiger charge is -2.36. The molecule has 0 saturated carbocycles. The number of methoxy groups -OCH3 is 1. The van der Waals surface area contributed by atoms with E-state index in [1.807, 2.05) is 47.0 Å². The lowest BCUT2D eigenvalue weighted by molar-refractivity contribution is -0.151. The minimum atomic E-state index is -0.656. The summed E-state index contributed by atoms with van der Waals surface area (Å²) in [5, 5.41) is 14.0. The number of aliphatic hydroxyl groups excluding tert-OH is 1. The second-order valence-corrected chi connectivity index (χ2v) is 9.05. The number of carbonyl (C=O) groups excluding carboxylic acids is 1. The van der Waals surface area contributed by atoms with Crippen LogP contribution >= 0.6 is 0 Å². The van der Waals surface area contributed by atoms with E-state index in [0.29, 0.717) is 37.8 Å². The summed E-state index contributed by atoms with van der Waals surface area (Å²) >= 11 is 0. The maximum Gasteiger partial charge on any atom is 0.311 e. The first-order valence-electron chi connectivity index (χ1n) is 12.0. The molecule has 0 spiro atoms. The average molecular weight is 498 g/mol. The highest BCUT2D eigenvalue weighted by Crippen LogP contribution is 2.22. The molecule has 0 bridgehead atoms. The first-order valence-corrected chi connectivity index (χ1v) is 12.0. The van der Waals surface area contributed by atoms with Crippen LogP contribution in [0.5, 0.6) is 0 Å². The van der Waals surface area contributed by atoms with Gasteiger partial charge in [0.2, 0.25) is 0 Å². The Bertz CT molecular complexity index is 1420. The fraction of sp³-hybridized carbons (Fsp3) is 0.286. The second-order valence-electron chi connectivity index (χ2n) is 9.05. The summed E-state index contributed by atoms with van der Waals surface area (Å²) in [6.07, 6.45) is 4.58. The Kier molecular flexibility index (Phi) is 7.12. The maximum absolute atomic E-state index is 11.5. The summed E-state index contributed by atoms with van der Waals surface area (Å²) in [6, 6.07) is 13.6. The van der Waals surface area contributed by atoms with E-state index in [1.165, 1.54) is 7.11 Å². The van der Waals surface area contributed by atoms with Gasteiger partial charge in [-0.15, -0.1) is 0 Å². The minimum absolute atomic E-state index is 0.0287. The van der Waals surface area contributed by atoms with Gasteiger partial charge >= 0.3 is 5.97 Å². The Morgan fingerprint density at radius 2 is 1.86 bits per heavy atom. The molecule has 1 aliphatic rings. The predicted octanol–water partition coefficient (Wildman–Crippen LogP) is 3.04. The molecule has 1 fully saturated rings. The first-order chi connectivity index (χ1) is 18.0. The van der Waals surface area contributed by atoms with Crippen LogP contribution in [0.3, 0.4) is 0 Å². The number of nitrogens with zero attached hydrogens (tertiary/aromatic N) is 5. The normalized spacial score (nSPS) is 14.5. The summed E-state index contributed by atoms with van der Waals surface area (Å²) in [4.78, 5) is 22.3. The molecule has 5 rings (SSSR count). The number of benzene rings is 1. The van der Waals surface area contributed by atoms with E-state index >= 15 is 0 Å². The van der Waals surface area contributed by atoms with Crippen molar-refractivity contribution in [2.24, 2.45) is 5.92 Å². The Morgan fingerprint density at radius 3 is 2.57 bits per heavy atom. The largest absolute Gasteiger partial charge is 0.469 e. The highest BCUT2D eigenvalue weighted by Gasteiger charge is 2.33. The van der Waals surface area contributed by atoms with Gasteiger partial charge in [-0.05, 0) is 43.3 Å². The van der Waals surface area contributed by atoms with E-state index in [0.717, 1.165) is 28.1 Å². The smallest absolute Gasteiger partial charge is 0.311 e. The van der Waals surface area contributed by atoms with Crippen molar-refractivity contribution in [3.63, 3.8) is 0 Å². The molecule has 9 heteroatoms. The molecule has 9 nitrogen and oxygen atoms in total. The number of likely N-dealkylation sites (tertiary alicyclic amines) is 1. The van der Waals surface area contributed by atoms with Gasteiger partial charge in [0.15, 0.2) is 5.76 Å². The molecule has 37 heavy (non-hydrogen) atoms. The number of hydrogen-bond donors (Lipinski definition) is 1. The van der Waals surface area contributed by atoms with Crippen molar-refractivity contribution in [3.8, 4) is 23.2 Å². The molecule has 0 amide bonds. The van der Waals surface area contributed by atoms with Crippen molar-refractivity contribution >= 4 is 5.97 Å². The van der Waals surface area contributed by atoms with E-state index < -0.39 is 6.10 Å². The molecule has 4 aromatic rings. The van der Waals surface area contributed by atoms with Crippen LogP contribution in [0.2, 0.25) is 0 Å². The van der Waals surface area contributed by atoms with E-state index in [4.69, 9.17) is 9.26 Å². The summed E-state index contributed by atoms with van der Waals surface area (Å²) in [5.74, 6) is 7.39. The predicted molar refractivity (Wildman–Crippen MR) is 135 cm³/mol. The lowest BCUT2D eigenvalue weighted by atomic mass is 10.0. The fourth-order valence-electron chi connectivity index (χ4n) is 4.22. The van der Waals surface area contributed by atoms with Gasteiger partial charge in [-0.2, -0.15) is 0 Å². The van der Waals surface area contributed by atoms with Crippen molar-refractivity contribution < 1.29 is 19.2 Å². The van der Waals surface area contributed by atoms with Gasteiger partial charge in [0, 0.05) is 61.0 Å². The molecule has 188 valence electrons. The van der Waals surface area contributed by atoms with Crippen LogP contribution < -0.4 is 0 Å². The number of carbonyl (C=O) groups is 1. The Labute approximate surface area is 214 Å². The van der Waals surface area contributed by atoms with Gasteiger partial charge in [-0.1, -0.05) is 17.0 Å². The zero-order valence-corrected chi connectivity index (χ0v) is 20.7. The van der Waals surface area contributed by atoms with Gasteiger partial charge in [0.1, 0.15) is 17.6 Å². The van der Waals surface area contributed by atoms with E-state index in [9.17, 15) is 9.90 Å². The third-order valence-corrected chi connectivity index (χ3v) is 6.24. The molecule has 1 aliphatic heterocycles. The Morgan fingerprint density at radius 1 is 1.11 bits per heavy atom. The SMILES string of the molecule is COC(=O)C1CN(Cc2ccc(C#Cc3ccc(-c4cc(Cn5ccnc5C(C)O)no4)cc3)cn2)C1. The van der Waals surface area contributed by atoms with E-state index in [1.54, 1.807) is 25.5 Å². The molecule has 1 atom stereocenters. The van der Waals surface area contributed by atoms with Crippen LogP contribution in [-0.4, -0.2) is 55.9 Å². The molecule has 3 aromatic heterocycles. The summed E-state index contributed by atoms with van der Waals surface area (Å²) < 4.78 is 12.1. The number of rotatable bonds is 7. The Balaban J connectivity index is 1.17. The molecule has 1 unspecified atom stereocenters. The summed E-state index contributed by atoms with van der Waals surface area (Å²) in [7, 11) is 1.42. The van der Waals surface area contributed by atoms with Crippen molar-refractivity contribution in [2.75, 3.05) is 20.2 Å². The number of pyridine rings is 1. The second kappa shape index (κ2) is 10.8. The van der Waals surface area contributed by atoms with Crippen molar-refractivity contribution in [2.45, 2.75) is 26.1 Å². The Hall–Kier alpha value is -4.26. The van der Waals surface area contributed by atoms with Crippen molar-refractivity contribution in [1.82, 2.24) is 24.6 Å². The van der Waals surface area contributed by atoms with E-state index in [-0.39, 0.29) is 11.9 Å². The zero-order valence-electron chi connectivity index (χ0n) is 20.7. The van der Waals surface area contributed by atoms with Crippen molar-refractivity contribution in [1.29, 1.82) is 0 Å². The minimum Gasteiger partial charge on any atom is -0.469 e. The number of hydrogen-bond acceptors (Lipinski definition) is 8. The average Bonchev–Trinajstić information content (AvgIpc) is 3.55. The van der Waals surface area contributed by atoms with E-state index in [2.05, 4.69) is 31.9 Å². The molecular formula is C28H27N5O4. The molecular weight excluding hydrogens is 470 g/mol. The first kappa shape index (κ1) is 24.4. The molecule has 1 N–H and O–H groups in total. The molecule has 1 aromatic carbocycles. The summed E-state index contributed by atoms with van der Waals surface area (Å²) in [5.41, 5.74) is 4.30. The van der Waals surface area contributed by atoms with Gasteiger partial charge in [0.25, 0.3) is 0 Å². The number of imidazole rings is 1. The summed E-state index contributed by atoms with van der Waals surface area (Å²) in [6.45, 7) is 4.26. The lowest BCUT2D eigenvalue weighted by Crippen LogP contribution is -2.50. The highest BCUT2D eigenvalue weighted by atomic mass is 16.5. The molecule has 0 radical (unpaired) electrons. The number of esters is 1. The standard InChI is InChI=1S/C28H27N5O4/c1-19(34)27-29-11-12-33(27)18-25-13-26(37-31-25)22-8-5-20(6-9-22)3-4-21-7-10-24(30-14-21)17-32-15-23(16-32)28(35)36-2/h5-14,19,23,34H,15-18H2,1-2H3. The van der Waals surface area contributed by atoms with Crippen LogP contribution in [0.25, 0.3) is 11.3 Å². The number of ether oxygens (including phenoxy) is 1. The van der Waals surface area contributed by atoms with Crippen LogP contribution in [0.15, 0.2) is 65.6 Å². The third-order valence-electron chi connectivity index (χ3n) is 6.24. The highest BCUT2D eigenvalue weighted by molar-refractivity contribution is 5.73. The van der Waals surface area contributed by atoms with Crippen LogP contribution in [0.1, 0.15) is 41.4 Å². The molecule has 1 saturated heterocycles. The zero-order chi connectivity index (χ0) is 25.8. The number of aromatic nitrogens is 4. The van der Waals surface area contributed by atoms with Crippen molar-refractivity contribution in [3.05, 3.63) is 89.4 Å². The fourth-order valence-corrected chi connectivity index (χ4v) is 4.22. The van der Waals surface area contributed by atoms with Crippen LogP contribution in [0, 0.1) is 17.8 Å². The monoisotopic (exact) mass is 497 g/mol. The van der Waals surface area contributed by atoms with Gasteiger partial charge in [0.05, 0.1) is 25.3 Å².